The van der Waals surface area contributed by atoms with Crippen LogP contribution in [0.3, 0.4) is 0 Å². The number of halogens is 1. The lowest BCUT2D eigenvalue weighted by Gasteiger charge is -2.13. The molecule has 1 unspecified atom stereocenters. The molecule has 0 heterocycles. The van der Waals surface area contributed by atoms with E-state index in [9.17, 15) is 5.11 Å². The molecule has 4 heteroatoms. The molecule has 0 aliphatic carbocycles. The van der Waals surface area contributed by atoms with Gasteiger partial charge in [-0.25, -0.2) is 0 Å². The number of nitrogens with one attached hydrogen (secondary N) is 1. The van der Waals surface area contributed by atoms with E-state index in [2.05, 4.69) is 5.32 Å². The van der Waals surface area contributed by atoms with E-state index in [-0.39, 0.29) is 6.61 Å². The number of likely N-dealkylation sites (N-methyl/N-ethyl adjacent to an activating group) is 1. The van der Waals surface area contributed by atoms with Crippen LogP contribution in [0.5, 0.6) is 5.75 Å². The SMILES string of the molecule is CCNCC(O)COc1cc(C)ccc1Cl. The molecule has 1 rings (SSSR count). The predicted octanol–water partition coefficient (Wildman–Crippen LogP) is 2.00. The van der Waals surface area contributed by atoms with Crippen molar-refractivity contribution >= 4 is 11.6 Å². The van der Waals surface area contributed by atoms with Gasteiger partial charge in [0.1, 0.15) is 18.5 Å². The van der Waals surface area contributed by atoms with Gasteiger partial charge in [0.25, 0.3) is 0 Å². The van der Waals surface area contributed by atoms with E-state index in [1.165, 1.54) is 0 Å². The summed E-state index contributed by atoms with van der Waals surface area (Å²) in [5.74, 6) is 0.622. The van der Waals surface area contributed by atoms with Crippen molar-refractivity contribution in [1.29, 1.82) is 0 Å². The van der Waals surface area contributed by atoms with Gasteiger partial charge in [-0.1, -0.05) is 24.6 Å². The van der Waals surface area contributed by atoms with Crippen LogP contribution in [0.4, 0.5) is 0 Å². The van der Waals surface area contributed by atoms with Crippen molar-refractivity contribution in [3.8, 4) is 5.75 Å². The lowest BCUT2D eigenvalue weighted by Crippen LogP contribution is -2.31. The molecule has 3 nitrogen and oxygen atoms in total. The van der Waals surface area contributed by atoms with Gasteiger partial charge in [-0.15, -0.1) is 0 Å². The van der Waals surface area contributed by atoms with Gasteiger partial charge < -0.3 is 15.2 Å². The van der Waals surface area contributed by atoms with Crippen LogP contribution in [-0.2, 0) is 0 Å². The Morgan fingerprint density at radius 2 is 2.25 bits per heavy atom. The first-order chi connectivity index (χ1) is 7.63. The molecule has 0 radical (unpaired) electrons. The Bertz CT molecular complexity index is 331. The molecule has 0 aliphatic heterocycles. The fourth-order valence-corrected chi connectivity index (χ4v) is 1.45. The van der Waals surface area contributed by atoms with Crippen LogP contribution in [-0.4, -0.2) is 30.9 Å². The van der Waals surface area contributed by atoms with Crippen LogP contribution >= 0.6 is 11.6 Å². The number of rotatable bonds is 6. The predicted molar refractivity (Wildman–Crippen MR) is 66.2 cm³/mol. The minimum atomic E-state index is -0.517. The van der Waals surface area contributed by atoms with E-state index in [0.717, 1.165) is 12.1 Å². The topological polar surface area (TPSA) is 41.5 Å². The molecule has 1 aromatic rings. The highest BCUT2D eigenvalue weighted by atomic mass is 35.5. The Balaban J connectivity index is 2.44. The molecule has 1 atom stereocenters. The number of benzene rings is 1. The second-order valence-electron chi connectivity index (χ2n) is 3.71. The standard InChI is InChI=1S/C12H18ClNO2/c1-3-14-7-10(15)8-16-12-6-9(2)4-5-11(12)13/h4-6,10,14-15H,3,7-8H2,1-2H3. The Hall–Kier alpha value is -0.770. The zero-order chi connectivity index (χ0) is 12.0. The summed E-state index contributed by atoms with van der Waals surface area (Å²) in [7, 11) is 0. The van der Waals surface area contributed by atoms with Gasteiger partial charge in [0.15, 0.2) is 0 Å². The summed E-state index contributed by atoms with van der Waals surface area (Å²) in [6.07, 6.45) is -0.517. The lowest BCUT2D eigenvalue weighted by atomic mass is 10.2. The van der Waals surface area contributed by atoms with Crippen molar-refractivity contribution in [2.24, 2.45) is 0 Å². The van der Waals surface area contributed by atoms with Crippen LogP contribution in [0.1, 0.15) is 12.5 Å². The van der Waals surface area contributed by atoms with Crippen LogP contribution in [0.25, 0.3) is 0 Å². The molecule has 16 heavy (non-hydrogen) atoms. The molecule has 0 bridgehead atoms. The summed E-state index contributed by atoms with van der Waals surface area (Å²) in [6.45, 7) is 5.57. The van der Waals surface area contributed by atoms with Crippen LogP contribution in [0.2, 0.25) is 5.02 Å². The van der Waals surface area contributed by atoms with Crippen molar-refractivity contribution in [2.75, 3.05) is 19.7 Å². The van der Waals surface area contributed by atoms with E-state index < -0.39 is 6.10 Å². The third-order valence-corrected chi connectivity index (χ3v) is 2.46. The Kier molecular flexibility index (Phi) is 5.60. The highest BCUT2D eigenvalue weighted by molar-refractivity contribution is 6.32. The Morgan fingerprint density at radius 1 is 1.50 bits per heavy atom. The summed E-state index contributed by atoms with van der Waals surface area (Å²) in [6, 6.07) is 5.58. The van der Waals surface area contributed by atoms with Gasteiger partial charge in [-0.2, -0.15) is 0 Å². The van der Waals surface area contributed by atoms with Crippen LogP contribution in [0.15, 0.2) is 18.2 Å². The second kappa shape index (κ2) is 6.74. The highest BCUT2D eigenvalue weighted by Crippen LogP contribution is 2.25. The van der Waals surface area contributed by atoms with Crippen molar-refractivity contribution in [2.45, 2.75) is 20.0 Å². The Morgan fingerprint density at radius 3 is 2.94 bits per heavy atom. The third kappa shape index (κ3) is 4.39. The monoisotopic (exact) mass is 243 g/mol. The normalized spacial score (nSPS) is 12.5. The number of aliphatic hydroxyl groups is 1. The number of hydrogen-bond acceptors (Lipinski definition) is 3. The summed E-state index contributed by atoms with van der Waals surface area (Å²) < 4.78 is 5.45. The smallest absolute Gasteiger partial charge is 0.138 e. The van der Waals surface area contributed by atoms with E-state index >= 15 is 0 Å². The summed E-state index contributed by atoms with van der Waals surface area (Å²) in [5.41, 5.74) is 1.08. The number of aliphatic hydroxyl groups excluding tert-OH is 1. The van der Waals surface area contributed by atoms with Crippen molar-refractivity contribution in [3.63, 3.8) is 0 Å². The summed E-state index contributed by atoms with van der Waals surface area (Å²) >= 11 is 5.96. The fourth-order valence-electron chi connectivity index (χ4n) is 1.28. The third-order valence-electron chi connectivity index (χ3n) is 2.15. The molecule has 0 aliphatic rings. The van der Waals surface area contributed by atoms with Gasteiger partial charge in [-0.05, 0) is 31.2 Å². The van der Waals surface area contributed by atoms with Gasteiger partial charge in [-0.3, -0.25) is 0 Å². The van der Waals surface area contributed by atoms with E-state index in [1.807, 2.05) is 26.0 Å². The average molecular weight is 244 g/mol. The highest BCUT2D eigenvalue weighted by Gasteiger charge is 2.06. The van der Waals surface area contributed by atoms with E-state index in [4.69, 9.17) is 16.3 Å². The minimum Gasteiger partial charge on any atom is -0.489 e. The molecule has 0 saturated carbocycles. The van der Waals surface area contributed by atoms with E-state index in [0.29, 0.717) is 17.3 Å². The molecule has 0 aromatic heterocycles. The Labute approximate surface area is 101 Å². The maximum atomic E-state index is 9.57. The largest absolute Gasteiger partial charge is 0.489 e. The zero-order valence-electron chi connectivity index (χ0n) is 9.66. The first kappa shape index (κ1) is 13.3. The molecule has 2 N–H and O–H groups in total. The molecule has 0 saturated heterocycles. The zero-order valence-corrected chi connectivity index (χ0v) is 10.4. The molecule has 1 aromatic carbocycles. The molecule has 0 spiro atoms. The van der Waals surface area contributed by atoms with Gasteiger partial charge in [0.05, 0.1) is 5.02 Å². The number of aryl methyl sites for hydroxylation is 1. The van der Waals surface area contributed by atoms with Gasteiger partial charge in [0.2, 0.25) is 0 Å². The maximum Gasteiger partial charge on any atom is 0.138 e. The van der Waals surface area contributed by atoms with Crippen LogP contribution in [0, 0.1) is 6.92 Å². The van der Waals surface area contributed by atoms with Crippen molar-refractivity contribution < 1.29 is 9.84 Å². The van der Waals surface area contributed by atoms with Crippen LogP contribution < -0.4 is 10.1 Å². The van der Waals surface area contributed by atoms with Gasteiger partial charge in [0, 0.05) is 6.54 Å². The quantitative estimate of drug-likeness (QED) is 0.803. The molecule has 0 fully saturated rings. The summed E-state index contributed by atoms with van der Waals surface area (Å²) in [5, 5.41) is 13.2. The van der Waals surface area contributed by atoms with Gasteiger partial charge >= 0.3 is 0 Å². The molecular formula is C12H18ClNO2. The maximum absolute atomic E-state index is 9.57. The minimum absolute atomic E-state index is 0.246. The fraction of sp³-hybridized carbons (Fsp3) is 0.500. The average Bonchev–Trinajstić information content (AvgIpc) is 2.27. The number of hydrogen-bond donors (Lipinski definition) is 2. The second-order valence-corrected chi connectivity index (χ2v) is 4.11. The molecular weight excluding hydrogens is 226 g/mol. The first-order valence-corrected chi connectivity index (χ1v) is 5.79. The molecule has 90 valence electrons. The lowest BCUT2D eigenvalue weighted by molar-refractivity contribution is 0.107. The van der Waals surface area contributed by atoms with Crippen molar-refractivity contribution in [3.05, 3.63) is 28.8 Å². The van der Waals surface area contributed by atoms with E-state index in [1.54, 1.807) is 6.07 Å². The first-order valence-electron chi connectivity index (χ1n) is 5.41. The summed E-state index contributed by atoms with van der Waals surface area (Å²) in [4.78, 5) is 0. The number of ether oxygens (including phenoxy) is 1. The molecule has 0 amide bonds. The van der Waals surface area contributed by atoms with Crippen molar-refractivity contribution in [1.82, 2.24) is 5.32 Å².